The number of fused-ring (bicyclic) bond motifs is 8. The molecule has 2 saturated carbocycles. The van der Waals surface area contributed by atoms with E-state index in [2.05, 4.69) is 65.5 Å². The van der Waals surface area contributed by atoms with Gasteiger partial charge in [-0.15, -0.1) is 0 Å². The molecule has 0 spiro atoms. The number of aliphatic hydroxyl groups excluding tert-OH is 2. The first-order valence-electron chi connectivity index (χ1n) is 25.2. The zero-order valence-electron chi connectivity index (χ0n) is 43.2. The fraction of sp³-hybridized carbons (Fsp3) is 0.595. The number of aryl methyl sites for hydroxylation is 2. The van der Waals surface area contributed by atoms with Crippen molar-refractivity contribution in [2.45, 2.75) is 120 Å². The van der Waals surface area contributed by atoms with Gasteiger partial charge >= 0.3 is 31.3 Å². The Hall–Kier alpha value is -5.47. The van der Waals surface area contributed by atoms with E-state index in [1.54, 1.807) is 0 Å². The van der Waals surface area contributed by atoms with E-state index in [-0.39, 0.29) is 66.0 Å². The topological polar surface area (TPSA) is 498 Å². The molecular formula is C42H55F2N15O22P4. The van der Waals surface area contributed by atoms with Crippen LogP contribution in [-0.2, 0) is 63.9 Å². The minimum atomic E-state index is -5.01. The third-order valence-corrected chi connectivity index (χ3v) is 18.1. The number of aromatic amines is 2. The van der Waals surface area contributed by atoms with Crippen LogP contribution in [0.1, 0.15) is 44.4 Å². The number of alkyl halides is 2. The molecule has 37 nitrogen and oxygen atoms in total. The molecule has 85 heavy (non-hydrogen) atoms. The smallest absolute Gasteiger partial charge is 0.387 e. The van der Waals surface area contributed by atoms with Crippen molar-refractivity contribution in [2.24, 2.45) is 11.8 Å². The molecule has 0 aromatic carbocycles. The van der Waals surface area contributed by atoms with Crippen LogP contribution >= 0.6 is 31.3 Å². The van der Waals surface area contributed by atoms with Crippen LogP contribution in [0.15, 0.2) is 53.5 Å². The lowest BCUT2D eigenvalue weighted by atomic mass is 10.1. The van der Waals surface area contributed by atoms with Gasteiger partial charge in [0.1, 0.15) is 97.6 Å². The maximum atomic E-state index is 15.5. The zero-order chi connectivity index (χ0) is 59.6. The Balaban J connectivity index is 0.000000187. The quantitative estimate of drug-likeness (QED) is 0.103. The van der Waals surface area contributed by atoms with Gasteiger partial charge in [-0.1, -0.05) is 7.43 Å². The Kier molecular flexibility index (Phi) is 18.1. The summed E-state index contributed by atoms with van der Waals surface area (Å²) in [7, 11) is -20.0. The van der Waals surface area contributed by atoms with E-state index in [1.165, 1.54) is 54.2 Å². The number of rotatable bonds is 6. The first kappa shape index (κ1) is 62.6. The number of ether oxygens (including phenoxy) is 2. The number of aliphatic hydroxyl groups is 2. The summed E-state index contributed by atoms with van der Waals surface area (Å²) < 4.78 is 138. The van der Waals surface area contributed by atoms with Gasteiger partial charge in [0, 0.05) is 18.0 Å². The van der Waals surface area contributed by atoms with E-state index >= 15 is 8.78 Å². The highest BCUT2D eigenvalue weighted by Gasteiger charge is 2.56. The van der Waals surface area contributed by atoms with Gasteiger partial charge in [-0.3, -0.25) is 54.9 Å². The molecule has 0 radical (unpaired) electrons. The number of hydrogen-bond acceptors (Lipinski definition) is 29. The molecule has 4 unspecified atom stereocenters. The number of hydrogen-bond donors (Lipinski definition) is 10. The first-order valence-corrected chi connectivity index (χ1v) is 31.2. The zero-order valence-corrected chi connectivity index (χ0v) is 46.8. The molecule has 43 heteroatoms. The standard InChI is InChI=1S/C21H26FN7O11P2.C20H25FN8O11P2.CH4/c1-9-26-19-15(20(31)27-9)25-8-29(19)21-18-16(30)12(38-21)6-37-42(34,35)39-17-10(5-36-41(32,33)40-18)4-11(14(17)22)28-13-2-3-23-7-24-13;1-8-26-17-13(18(31)27-8)25-7-29(17)19-16-14(30)11(38-19)4-37-42(34,35)39-15-9(3-36-41(32,33)40-16)2-10(12(15)21)28-20-23-5-22-6-24-20;/h2-3,7-8,10-12,14,16-18,21,30H,4-6H2,1H3,(H,32,33)(H,34,35)(H,23,24,28)(H,26,27,31);5-7,9-12,14-16,19,30H,2-4H2,1H3,(H,32,33)(H,34,35)(H,26,27,31)(H,22,23,24,28);1H4/t10-,11-,12-,14+,16-,17-,18-,21-;9-,10-,11-,12+,14-,15-,16-,19-;/m11./s1. The number of aromatic nitrogens is 13. The highest BCUT2D eigenvalue weighted by molar-refractivity contribution is 7.48. The molecule has 20 atom stereocenters. The Labute approximate surface area is 475 Å². The van der Waals surface area contributed by atoms with Crippen LogP contribution in [0.25, 0.3) is 22.3 Å². The average Bonchev–Trinajstić information content (AvgIpc) is 1.87. The Morgan fingerprint density at radius 2 is 1.00 bits per heavy atom. The van der Waals surface area contributed by atoms with Gasteiger partial charge in [-0.2, -0.15) is 0 Å². The van der Waals surface area contributed by atoms with E-state index < -0.39 is 166 Å². The van der Waals surface area contributed by atoms with Gasteiger partial charge in [0.25, 0.3) is 11.1 Å². The molecule has 12 rings (SSSR count). The number of imidazole rings is 2. The minimum Gasteiger partial charge on any atom is -0.387 e. The fourth-order valence-electron chi connectivity index (χ4n) is 10.4. The van der Waals surface area contributed by atoms with Crippen molar-refractivity contribution < 1.29 is 102 Å². The van der Waals surface area contributed by atoms with Crippen LogP contribution in [-0.4, -0.2) is 193 Å². The van der Waals surface area contributed by atoms with Crippen LogP contribution in [0, 0.1) is 25.7 Å². The molecule has 2 aliphatic carbocycles. The molecule has 4 bridgehead atoms. The van der Waals surface area contributed by atoms with E-state index in [0.29, 0.717) is 0 Å². The highest BCUT2D eigenvalue weighted by Crippen LogP contribution is 2.56. The number of halogens is 2. The lowest BCUT2D eigenvalue weighted by molar-refractivity contribution is -0.0582. The van der Waals surface area contributed by atoms with E-state index in [1.807, 2.05) is 0 Å². The normalized spacial score (nSPS) is 38.8. The highest BCUT2D eigenvalue weighted by atomic mass is 31.2. The van der Waals surface area contributed by atoms with Crippen molar-refractivity contribution >= 4 is 65.4 Å². The molecule has 10 N–H and O–H groups in total. The van der Waals surface area contributed by atoms with Crippen molar-refractivity contribution in [2.75, 3.05) is 37.1 Å². The number of nitrogens with one attached hydrogen (secondary N) is 4. The number of phosphoric ester groups is 4. The second kappa shape index (κ2) is 24.6. The van der Waals surface area contributed by atoms with Crippen molar-refractivity contribution in [3.63, 3.8) is 0 Å². The lowest BCUT2D eigenvalue weighted by Gasteiger charge is -2.26. The van der Waals surface area contributed by atoms with Gasteiger partial charge in [0.2, 0.25) is 5.95 Å². The average molecular weight is 1280 g/mol. The summed E-state index contributed by atoms with van der Waals surface area (Å²) in [6, 6.07) is -0.538. The summed E-state index contributed by atoms with van der Waals surface area (Å²) in [4.78, 5) is 107. The van der Waals surface area contributed by atoms with Crippen LogP contribution in [0.4, 0.5) is 20.5 Å². The second-order valence-corrected chi connectivity index (χ2v) is 25.5. The molecule has 464 valence electrons. The van der Waals surface area contributed by atoms with Crippen molar-refractivity contribution in [3.05, 3.63) is 76.3 Å². The third kappa shape index (κ3) is 13.5. The minimum absolute atomic E-state index is 0. The lowest BCUT2D eigenvalue weighted by Crippen LogP contribution is -2.35. The Morgan fingerprint density at radius 3 is 1.44 bits per heavy atom. The van der Waals surface area contributed by atoms with Gasteiger partial charge in [0.05, 0.1) is 51.2 Å². The summed E-state index contributed by atoms with van der Waals surface area (Å²) in [6.45, 7) is 0.203. The summed E-state index contributed by atoms with van der Waals surface area (Å²) >= 11 is 0. The van der Waals surface area contributed by atoms with Gasteiger partial charge in [-0.05, 0) is 32.8 Å². The number of anilines is 2. The van der Waals surface area contributed by atoms with Crippen LogP contribution in [0.2, 0.25) is 0 Å². The third-order valence-electron chi connectivity index (χ3n) is 14.2. The van der Waals surface area contributed by atoms with Crippen molar-refractivity contribution in [3.8, 4) is 0 Å². The van der Waals surface area contributed by atoms with Crippen molar-refractivity contribution in [1.82, 2.24) is 64.0 Å². The number of H-pyrrole nitrogens is 2. The first-order chi connectivity index (χ1) is 39.8. The molecule has 10 heterocycles. The number of phosphoric acid groups is 4. The summed E-state index contributed by atoms with van der Waals surface area (Å²) in [5.41, 5.74) is -1.27. The summed E-state index contributed by atoms with van der Waals surface area (Å²) in [6.07, 6.45) is -12.2. The van der Waals surface area contributed by atoms with Gasteiger partial charge < -0.3 is 59.9 Å². The van der Waals surface area contributed by atoms with Crippen molar-refractivity contribution in [1.29, 1.82) is 0 Å². The predicted molar refractivity (Wildman–Crippen MR) is 278 cm³/mol. The van der Waals surface area contributed by atoms with E-state index in [0.717, 1.165) is 12.7 Å². The Morgan fingerprint density at radius 1 is 0.588 bits per heavy atom. The summed E-state index contributed by atoms with van der Waals surface area (Å²) in [5, 5.41) is 27.5. The van der Waals surface area contributed by atoms with Crippen LogP contribution in [0.3, 0.4) is 0 Å². The second-order valence-electron chi connectivity index (χ2n) is 19.8. The SMILES string of the molecule is C.Cc1nc2c(ncn2[C@@H]2O[C@@H]3COP(=O)(O)O[C@@H]4[C@@H](COP(=O)(O)O[C@@H]2[C@@H]3O)C[C@@H](Nc2ccncn2)[C@@H]4F)c(=O)[nH]1.Cc1nc2c(ncn2[C@@H]2O[C@@H]3COP(=O)(O)O[C@@H]4[C@@H](COP(=O)(O)O[C@@H]2[C@@H]3O)C[C@@H](Nc2ncncn2)[C@@H]4F)c(=O)[nH]1. The van der Waals surface area contributed by atoms with Crippen LogP contribution < -0.4 is 21.8 Å². The molecule has 0 amide bonds. The molecule has 6 aliphatic rings. The maximum Gasteiger partial charge on any atom is 0.472 e. The molecule has 4 aliphatic heterocycles. The van der Waals surface area contributed by atoms with Crippen LogP contribution in [0.5, 0.6) is 0 Å². The molecular weight excluding hydrogens is 1230 g/mol. The van der Waals surface area contributed by atoms with E-state index in [4.69, 9.17) is 45.7 Å². The number of nitrogens with zero attached hydrogens (tertiary/aromatic N) is 11. The van der Waals surface area contributed by atoms with Gasteiger partial charge in [0.15, 0.2) is 34.8 Å². The predicted octanol–water partition coefficient (Wildman–Crippen LogP) is 0.697. The maximum absolute atomic E-state index is 15.5. The largest absolute Gasteiger partial charge is 0.472 e. The summed E-state index contributed by atoms with van der Waals surface area (Å²) in [5.74, 6) is -1.30. The monoisotopic (exact) mass is 1280 g/mol. The van der Waals surface area contributed by atoms with E-state index in [9.17, 15) is 57.6 Å². The van der Waals surface area contributed by atoms with Gasteiger partial charge in [-0.25, -0.2) is 71.9 Å². The fourth-order valence-corrected chi connectivity index (χ4v) is 14.3. The molecule has 4 saturated heterocycles. The molecule has 6 aromatic heterocycles. The molecule has 6 fully saturated rings. The molecule has 6 aromatic rings. The Bertz CT molecular complexity index is 3460.